The number of methoxy groups -OCH3 is 1. The largest absolute Gasteiger partial charge is 0.481 e. The van der Waals surface area contributed by atoms with Gasteiger partial charge in [-0.3, -0.25) is 4.79 Å². The van der Waals surface area contributed by atoms with Crippen LogP contribution in [0.3, 0.4) is 0 Å². The summed E-state index contributed by atoms with van der Waals surface area (Å²) in [6.45, 7) is 0.560. The number of rotatable bonds is 5. The fraction of sp³-hybridized carbons (Fsp3) is 0.154. The minimum atomic E-state index is 0.555. The summed E-state index contributed by atoms with van der Waals surface area (Å²) in [6.07, 6.45) is 3.97. The second-order valence-corrected chi connectivity index (χ2v) is 3.62. The molecule has 0 bridgehead atoms. The Morgan fingerprint density at radius 3 is 2.89 bits per heavy atom. The molecule has 2 aromatic heterocycles. The number of hydrogen-bond donors (Lipinski definition) is 1. The molecular weight excluding hydrogens is 230 g/mol. The van der Waals surface area contributed by atoms with Crippen LogP contribution < -0.4 is 10.1 Å². The van der Waals surface area contributed by atoms with Gasteiger partial charge >= 0.3 is 0 Å². The average Bonchev–Trinajstić information content (AvgIpc) is 2.46. The van der Waals surface area contributed by atoms with E-state index < -0.39 is 0 Å². The Hall–Kier alpha value is -2.43. The Kier molecular flexibility index (Phi) is 3.86. The molecule has 0 fully saturated rings. The molecule has 0 unspecified atom stereocenters. The summed E-state index contributed by atoms with van der Waals surface area (Å²) in [5, 5.41) is 3.14. The van der Waals surface area contributed by atoms with Crippen LogP contribution in [0.25, 0.3) is 0 Å². The quantitative estimate of drug-likeness (QED) is 0.813. The van der Waals surface area contributed by atoms with Crippen molar-refractivity contribution in [1.29, 1.82) is 0 Å². The first-order valence-corrected chi connectivity index (χ1v) is 5.46. The molecule has 2 rings (SSSR count). The van der Waals surface area contributed by atoms with Crippen molar-refractivity contribution in [1.82, 2.24) is 9.97 Å². The van der Waals surface area contributed by atoms with Gasteiger partial charge in [-0.05, 0) is 18.2 Å². The second-order valence-electron chi connectivity index (χ2n) is 3.62. The van der Waals surface area contributed by atoms with Gasteiger partial charge in [0.1, 0.15) is 5.82 Å². The molecule has 0 amide bonds. The summed E-state index contributed by atoms with van der Waals surface area (Å²) in [5.41, 5.74) is 1.50. The van der Waals surface area contributed by atoms with Crippen LogP contribution in [-0.2, 0) is 6.54 Å². The molecule has 0 aromatic carbocycles. The Morgan fingerprint density at radius 1 is 1.33 bits per heavy atom. The SMILES string of the molecule is COc1ncccc1CNc1ccc(C=O)cn1. The van der Waals surface area contributed by atoms with E-state index in [1.165, 1.54) is 6.20 Å². The van der Waals surface area contributed by atoms with Crippen molar-refractivity contribution in [3.05, 3.63) is 47.8 Å². The van der Waals surface area contributed by atoms with Gasteiger partial charge in [0.15, 0.2) is 6.29 Å². The smallest absolute Gasteiger partial charge is 0.218 e. The van der Waals surface area contributed by atoms with Gasteiger partial charge in [-0.25, -0.2) is 9.97 Å². The van der Waals surface area contributed by atoms with Gasteiger partial charge in [-0.1, -0.05) is 6.07 Å². The van der Waals surface area contributed by atoms with Gasteiger partial charge in [0, 0.05) is 30.1 Å². The number of carbonyl (C=O) groups is 1. The Morgan fingerprint density at radius 2 is 2.22 bits per heavy atom. The number of anilines is 1. The Bertz CT molecular complexity index is 526. The Balaban J connectivity index is 2.04. The van der Waals surface area contributed by atoms with E-state index in [0.717, 1.165) is 11.8 Å². The summed E-state index contributed by atoms with van der Waals surface area (Å²) in [7, 11) is 1.59. The molecule has 0 radical (unpaired) electrons. The van der Waals surface area contributed by atoms with E-state index in [4.69, 9.17) is 4.74 Å². The summed E-state index contributed by atoms with van der Waals surface area (Å²) in [4.78, 5) is 18.7. The number of aldehydes is 1. The maximum Gasteiger partial charge on any atom is 0.218 e. The summed E-state index contributed by atoms with van der Waals surface area (Å²) in [6, 6.07) is 7.25. The van der Waals surface area contributed by atoms with Gasteiger partial charge < -0.3 is 10.1 Å². The third-order valence-electron chi connectivity index (χ3n) is 2.43. The van der Waals surface area contributed by atoms with E-state index >= 15 is 0 Å². The minimum absolute atomic E-state index is 0.555. The molecule has 5 nitrogen and oxygen atoms in total. The molecule has 0 aliphatic carbocycles. The highest BCUT2D eigenvalue weighted by Gasteiger charge is 2.03. The van der Waals surface area contributed by atoms with Crippen LogP contribution >= 0.6 is 0 Å². The lowest BCUT2D eigenvalue weighted by Gasteiger charge is -2.08. The standard InChI is InChI=1S/C13H13N3O2/c1-18-13-11(3-2-6-14-13)8-16-12-5-4-10(9-17)7-15-12/h2-7,9H,8H2,1H3,(H,15,16). The topological polar surface area (TPSA) is 64.1 Å². The fourth-order valence-electron chi connectivity index (χ4n) is 1.51. The highest BCUT2D eigenvalue weighted by atomic mass is 16.5. The van der Waals surface area contributed by atoms with Crippen LogP contribution in [-0.4, -0.2) is 23.4 Å². The van der Waals surface area contributed by atoms with E-state index in [-0.39, 0.29) is 0 Å². The summed E-state index contributed by atoms with van der Waals surface area (Å²) < 4.78 is 5.15. The van der Waals surface area contributed by atoms with Crippen LogP contribution in [0.1, 0.15) is 15.9 Å². The van der Waals surface area contributed by atoms with Gasteiger partial charge in [0.2, 0.25) is 5.88 Å². The fourth-order valence-corrected chi connectivity index (χ4v) is 1.51. The molecule has 0 aliphatic rings. The molecule has 5 heteroatoms. The Labute approximate surface area is 105 Å². The third kappa shape index (κ3) is 2.82. The maximum atomic E-state index is 10.5. The first-order chi connectivity index (χ1) is 8.83. The normalized spacial score (nSPS) is 9.83. The van der Waals surface area contributed by atoms with E-state index in [1.807, 2.05) is 12.1 Å². The van der Waals surface area contributed by atoms with Gasteiger partial charge in [-0.15, -0.1) is 0 Å². The number of aromatic nitrogens is 2. The van der Waals surface area contributed by atoms with Crippen molar-refractivity contribution < 1.29 is 9.53 Å². The molecule has 0 saturated heterocycles. The molecule has 1 N–H and O–H groups in total. The molecule has 2 heterocycles. The molecule has 2 aromatic rings. The lowest BCUT2D eigenvalue weighted by atomic mass is 10.2. The van der Waals surface area contributed by atoms with Crippen LogP contribution in [0.15, 0.2) is 36.7 Å². The lowest BCUT2D eigenvalue weighted by molar-refractivity contribution is 0.112. The summed E-state index contributed by atoms with van der Waals surface area (Å²) in [5.74, 6) is 1.29. The molecule has 92 valence electrons. The zero-order valence-electron chi connectivity index (χ0n) is 9.96. The predicted molar refractivity (Wildman–Crippen MR) is 67.7 cm³/mol. The van der Waals surface area contributed by atoms with Crippen molar-refractivity contribution >= 4 is 12.1 Å². The average molecular weight is 243 g/mol. The van der Waals surface area contributed by atoms with Crippen molar-refractivity contribution in [2.75, 3.05) is 12.4 Å². The first kappa shape index (κ1) is 12.0. The highest BCUT2D eigenvalue weighted by Crippen LogP contribution is 2.15. The van der Waals surface area contributed by atoms with Crippen LogP contribution in [0.5, 0.6) is 5.88 Å². The summed E-state index contributed by atoms with van der Waals surface area (Å²) >= 11 is 0. The zero-order chi connectivity index (χ0) is 12.8. The minimum Gasteiger partial charge on any atom is -0.481 e. The zero-order valence-corrected chi connectivity index (χ0v) is 9.96. The first-order valence-electron chi connectivity index (χ1n) is 5.46. The van der Waals surface area contributed by atoms with Gasteiger partial charge in [0.25, 0.3) is 0 Å². The van der Waals surface area contributed by atoms with E-state index in [1.54, 1.807) is 25.4 Å². The second kappa shape index (κ2) is 5.77. The monoisotopic (exact) mass is 243 g/mol. The van der Waals surface area contributed by atoms with Crippen molar-refractivity contribution in [2.45, 2.75) is 6.54 Å². The molecule has 0 aliphatic heterocycles. The maximum absolute atomic E-state index is 10.5. The van der Waals surface area contributed by atoms with Crippen LogP contribution in [0, 0.1) is 0 Å². The number of nitrogens with one attached hydrogen (secondary N) is 1. The third-order valence-corrected chi connectivity index (χ3v) is 2.43. The molecule has 0 atom stereocenters. The van der Waals surface area contributed by atoms with Gasteiger partial charge in [-0.2, -0.15) is 0 Å². The van der Waals surface area contributed by atoms with Crippen molar-refractivity contribution in [2.24, 2.45) is 0 Å². The molecule has 18 heavy (non-hydrogen) atoms. The molecule has 0 spiro atoms. The lowest BCUT2D eigenvalue weighted by Crippen LogP contribution is -2.04. The van der Waals surface area contributed by atoms with Crippen LogP contribution in [0.2, 0.25) is 0 Å². The van der Waals surface area contributed by atoms with Crippen molar-refractivity contribution in [3.63, 3.8) is 0 Å². The van der Waals surface area contributed by atoms with E-state index in [9.17, 15) is 4.79 Å². The number of pyridine rings is 2. The number of ether oxygens (including phenoxy) is 1. The van der Waals surface area contributed by atoms with Crippen molar-refractivity contribution in [3.8, 4) is 5.88 Å². The van der Waals surface area contributed by atoms with Crippen LogP contribution in [0.4, 0.5) is 5.82 Å². The van der Waals surface area contributed by atoms with E-state index in [0.29, 0.717) is 23.8 Å². The number of carbonyl (C=O) groups excluding carboxylic acids is 1. The predicted octanol–water partition coefficient (Wildman–Crippen LogP) is 1.91. The number of hydrogen-bond acceptors (Lipinski definition) is 5. The molecule has 0 saturated carbocycles. The van der Waals surface area contributed by atoms with Gasteiger partial charge in [0.05, 0.1) is 7.11 Å². The van der Waals surface area contributed by atoms with E-state index in [2.05, 4.69) is 15.3 Å². The number of nitrogens with zero attached hydrogens (tertiary/aromatic N) is 2. The molecular formula is C13H13N3O2. The highest BCUT2D eigenvalue weighted by molar-refractivity contribution is 5.74.